The Hall–Kier alpha value is -6.98. The Bertz CT molecular complexity index is 3500. The molecule has 4 saturated heterocycles. The van der Waals surface area contributed by atoms with Crippen molar-refractivity contribution < 1.29 is 116 Å². The third-order valence-corrected chi connectivity index (χ3v) is 24.0. The molecule has 496 valence electrons. The summed E-state index contributed by atoms with van der Waals surface area (Å²) in [7, 11) is -1.61. The molecule has 4 aromatic rings. The van der Waals surface area contributed by atoms with Crippen LogP contribution in [0.3, 0.4) is 0 Å². The van der Waals surface area contributed by atoms with Crippen LogP contribution in [-0.2, 0) is 42.3 Å². The SMILES string of the molecule is CO[C@H]1OC(CO)[C@H](OC2OC(CO)C(O[C@H]3OC(CO)[C@H](OC4OC(CO)C(O[Si](C)(C)C(C)(C)C)[C@H](C)[C@@H]4N4C(=O)c5ccccc5C4=O)C(O)[C@H]3N3C(=O)c4ccccc4C3=O)[C@H](O)[C@@H]2N2C(=O)c3ccccc3C2=O)C(O)[C@H]1N1C(=O)c2ccccc2C1=O. The van der Waals surface area contributed by atoms with E-state index in [1.807, 2.05) is 33.9 Å². The third kappa shape index (κ3) is 10.8. The van der Waals surface area contributed by atoms with E-state index in [0.29, 0.717) is 14.7 Å². The van der Waals surface area contributed by atoms with Crippen LogP contribution in [0.25, 0.3) is 0 Å². The Kier molecular flexibility index (Phi) is 18.0. The Labute approximate surface area is 533 Å². The van der Waals surface area contributed by atoms with Crippen molar-refractivity contribution in [3.63, 3.8) is 0 Å². The summed E-state index contributed by atoms with van der Waals surface area (Å²) in [5.74, 6) is -8.15. The van der Waals surface area contributed by atoms with E-state index >= 15 is 0 Å². The Morgan fingerprint density at radius 2 is 0.624 bits per heavy atom. The van der Waals surface area contributed by atoms with E-state index in [1.54, 1.807) is 19.1 Å². The number of fused-ring (bicyclic) bond motifs is 4. The predicted molar refractivity (Wildman–Crippen MR) is 317 cm³/mol. The lowest BCUT2D eigenvalue weighted by molar-refractivity contribution is -0.369. The fourth-order valence-corrected chi connectivity index (χ4v) is 15.1. The van der Waals surface area contributed by atoms with E-state index < -0.39 is 209 Å². The van der Waals surface area contributed by atoms with Gasteiger partial charge in [-0.05, 0) is 66.7 Å². The first-order chi connectivity index (χ1) is 44.3. The first kappa shape index (κ1) is 66.1. The van der Waals surface area contributed by atoms with Gasteiger partial charge in [-0.15, -0.1) is 0 Å². The van der Waals surface area contributed by atoms with Gasteiger partial charge >= 0.3 is 0 Å². The minimum absolute atomic E-state index is 0.0148. The molecule has 0 aromatic heterocycles. The van der Waals surface area contributed by atoms with Gasteiger partial charge in [0.15, 0.2) is 33.5 Å². The van der Waals surface area contributed by atoms with Crippen molar-refractivity contribution in [1.82, 2.24) is 19.6 Å². The molecule has 8 amide bonds. The summed E-state index contributed by atoms with van der Waals surface area (Å²) in [6, 6.07) is 15.8. The Morgan fingerprint density at radius 3 is 0.871 bits per heavy atom. The first-order valence-electron chi connectivity index (χ1n) is 30.5. The highest BCUT2D eigenvalue weighted by molar-refractivity contribution is 6.74. The van der Waals surface area contributed by atoms with Gasteiger partial charge in [-0.25, -0.2) is 0 Å². The largest absolute Gasteiger partial charge is 0.411 e. The van der Waals surface area contributed by atoms with Crippen molar-refractivity contribution >= 4 is 55.6 Å². The van der Waals surface area contributed by atoms with Crippen LogP contribution in [0, 0.1) is 5.92 Å². The Balaban J connectivity index is 0.910. The number of aliphatic hydroxyl groups is 7. The zero-order valence-corrected chi connectivity index (χ0v) is 52.5. The topological polar surface area (TPSA) is 374 Å². The quantitative estimate of drug-likeness (QED) is 0.0556. The molecular formula is C64H72N4O24Si. The zero-order valence-electron chi connectivity index (χ0n) is 51.5. The van der Waals surface area contributed by atoms with Gasteiger partial charge in [-0.1, -0.05) is 76.2 Å². The standard InChI is InChI=1S/C64H72N4O24Si/c1-28-41(65-52(76)29-16-8-9-17-30(29)53(65)77)61(86-37(24-69)48(28)92-93(6,7)64(2,3)4)89-50-39(26-71)87-63(43(46(50)74)67-56(80)33-20-12-13-21-34(33)57(67)81)91-51-40(27-72)88-62(44(47(51)75)68-58(82)35-22-14-15-23-36(35)59(68)83)90-49-38(25-70)85-60(84-5)42(45(49)73)66-54(78)31-18-10-11-19-32(31)55(66)79/h8-23,28,37-51,60-63,69-75H,24-27H2,1-7H3/t28-,37?,38?,39?,40?,41+,42-,43-,44+,45?,46?,47-,48?,49+,50+,51?,60+,61?,62?,63-/m1/s1. The van der Waals surface area contributed by atoms with E-state index in [0.717, 1.165) is 12.0 Å². The number of aliphatic hydroxyl groups excluding tert-OH is 7. The van der Waals surface area contributed by atoms with Gasteiger partial charge in [0.05, 0.1) is 83.1 Å². The molecule has 10 unspecified atom stereocenters. The van der Waals surface area contributed by atoms with Crippen LogP contribution in [0.15, 0.2) is 97.1 Å². The maximum Gasteiger partial charge on any atom is 0.262 e. The van der Waals surface area contributed by atoms with Crippen molar-refractivity contribution in [2.45, 2.75) is 162 Å². The average Bonchev–Trinajstić information content (AvgIpc) is 1.71. The highest BCUT2D eigenvalue weighted by Crippen LogP contribution is 2.46. The molecule has 0 aliphatic carbocycles. The molecule has 12 rings (SSSR count). The van der Waals surface area contributed by atoms with E-state index in [9.17, 15) is 74.1 Å². The molecule has 0 saturated carbocycles. The highest BCUT2D eigenvalue weighted by atomic mass is 28.4. The number of amides is 8. The number of imide groups is 4. The molecule has 29 heteroatoms. The van der Waals surface area contributed by atoms with Crippen molar-refractivity contribution in [3.05, 3.63) is 142 Å². The van der Waals surface area contributed by atoms with Crippen molar-refractivity contribution in [2.24, 2.45) is 5.92 Å². The number of carbonyl (C=O) groups excluding carboxylic acids is 8. The molecule has 7 N–H and O–H groups in total. The number of hydrogen-bond acceptors (Lipinski definition) is 24. The molecule has 20 atom stereocenters. The summed E-state index contributed by atoms with van der Waals surface area (Å²) in [6.45, 7) is 7.76. The fourth-order valence-electron chi connectivity index (χ4n) is 13.7. The summed E-state index contributed by atoms with van der Waals surface area (Å²) in [5.41, 5.74) is -0.489. The molecule has 28 nitrogen and oxygen atoms in total. The normalized spacial score (nSPS) is 34.6. The molecule has 93 heavy (non-hydrogen) atoms. The lowest BCUT2D eigenvalue weighted by Gasteiger charge is -2.53. The van der Waals surface area contributed by atoms with Gasteiger partial charge in [0.2, 0.25) is 0 Å². The van der Waals surface area contributed by atoms with Crippen LogP contribution in [0.5, 0.6) is 0 Å². The van der Waals surface area contributed by atoms with E-state index in [2.05, 4.69) is 0 Å². The highest BCUT2D eigenvalue weighted by Gasteiger charge is 2.63. The lowest BCUT2D eigenvalue weighted by atomic mass is 9.87. The monoisotopic (exact) mass is 1310 g/mol. The minimum Gasteiger partial charge on any atom is -0.411 e. The molecule has 0 radical (unpaired) electrons. The molecule has 4 fully saturated rings. The molecule has 0 bridgehead atoms. The summed E-state index contributed by atoms with van der Waals surface area (Å²) in [6.07, 6.45) is -27.8. The smallest absolute Gasteiger partial charge is 0.262 e. The fraction of sp³-hybridized carbons (Fsp3) is 0.500. The maximum absolute atomic E-state index is 14.8. The van der Waals surface area contributed by atoms with Crippen LogP contribution in [0.2, 0.25) is 18.1 Å². The van der Waals surface area contributed by atoms with Gasteiger partial charge in [0.25, 0.3) is 47.3 Å². The zero-order chi connectivity index (χ0) is 66.6. The summed E-state index contributed by atoms with van der Waals surface area (Å²) in [5, 5.41) is 82.8. The predicted octanol–water partition coefficient (Wildman–Crippen LogP) is 0.426. The molecule has 4 aromatic carbocycles. The third-order valence-electron chi connectivity index (χ3n) is 19.5. The number of rotatable bonds is 17. The Morgan fingerprint density at radius 1 is 0.398 bits per heavy atom. The van der Waals surface area contributed by atoms with Gasteiger partial charge in [-0.2, -0.15) is 0 Å². The van der Waals surface area contributed by atoms with Crippen LogP contribution in [0.1, 0.15) is 111 Å². The van der Waals surface area contributed by atoms with Crippen LogP contribution < -0.4 is 0 Å². The first-order valence-corrected chi connectivity index (χ1v) is 33.4. The van der Waals surface area contributed by atoms with Crippen LogP contribution >= 0.6 is 0 Å². The second-order valence-corrected chi connectivity index (χ2v) is 30.4. The average molecular weight is 1310 g/mol. The molecule has 0 spiro atoms. The summed E-state index contributed by atoms with van der Waals surface area (Å²) in [4.78, 5) is 119. The van der Waals surface area contributed by atoms with Crippen molar-refractivity contribution in [1.29, 1.82) is 0 Å². The molecular weight excluding hydrogens is 1240 g/mol. The van der Waals surface area contributed by atoms with E-state index in [1.165, 1.54) is 84.9 Å². The number of carbonyl (C=O) groups is 8. The van der Waals surface area contributed by atoms with Crippen molar-refractivity contribution in [2.75, 3.05) is 33.5 Å². The lowest BCUT2D eigenvalue weighted by Crippen LogP contribution is -2.72. The number of benzene rings is 4. The van der Waals surface area contributed by atoms with Gasteiger partial charge in [0.1, 0.15) is 79.2 Å². The van der Waals surface area contributed by atoms with Gasteiger partial charge < -0.3 is 78.1 Å². The van der Waals surface area contributed by atoms with E-state index in [4.69, 9.17) is 42.3 Å². The number of methoxy groups -OCH3 is 1. The maximum atomic E-state index is 14.8. The van der Waals surface area contributed by atoms with E-state index in [-0.39, 0.29) is 44.5 Å². The number of ether oxygens (including phenoxy) is 8. The van der Waals surface area contributed by atoms with Gasteiger partial charge in [-0.3, -0.25) is 58.0 Å². The summed E-state index contributed by atoms with van der Waals surface area (Å²) < 4.78 is 57.7. The second-order valence-electron chi connectivity index (χ2n) is 25.7. The number of nitrogens with zero attached hydrogens (tertiary/aromatic N) is 4. The minimum atomic E-state index is -2.77. The van der Waals surface area contributed by atoms with Crippen molar-refractivity contribution in [3.8, 4) is 0 Å². The molecule has 8 aliphatic heterocycles. The van der Waals surface area contributed by atoms with Gasteiger partial charge in [0, 0.05) is 13.0 Å². The summed E-state index contributed by atoms with van der Waals surface area (Å²) >= 11 is 0. The second kappa shape index (κ2) is 25.3. The molecule has 8 aliphatic rings. The van der Waals surface area contributed by atoms with Crippen LogP contribution in [-0.4, -0.2) is 261 Å². The molecule has 8 heterocycles. The number of hydrogen-bond donors (Lipinski definition) is 7. The van der Waals surface area contributed by atoms with Crippen LogP contribution in [0.4, 0.5) is 0 Å².